The van der Waals surface area contributed by atoms with E-state index in [1.165, 1.54) is 5.01 Å². The number of amides is 1. The number of halogens is 2. The molecular weight excluding hydrogens is 323 g/mol. The number of ether oxygens (including phenoxy) is 1. The van der Waals surface area contributed by atoms with Crippen LogP contribution in [0.1, 0.15) is 26.3 Å². The summed E-state index contributed by atoms with van der Waals surface area (Å²) in [5.41, 5.74) is 2.01. The van der Waals surface area contributed by atoms with Crippen LogP contribution >= 0.6 is 23.2 Å². The topological polar surface area (TPSA) is 41.9 Å². The summed E-state index contributed by atoms with van der Waals surface area (Å²) in [6.45, 7) is 7.84. The molecule has 0 N–H and O–H groups in total. The molecule has 1 aromatic carbocycles. The van der Waals surface area contributed by atoms with Crippen LogP contribution in [0, 0.1) is 6.92 Å². The summed E-state index contributed by atoms with van der Waals surface area (Å²) in [7, 11) is 1.61. The van der Waals surface area contributed by atoms with Crippen LogP contribution in [0.4, 0.5) is 0 Å². The van der Waals surface area contributed by atoms with Gasteiger partial charge >= 0.3 is 0 Å². The third-order valence-electron chi connectivity index (χ3n) is 2.97. The zero-order chi connectivity index (χ0) is 16.9. The average molecular weight is 343 g/mol. The van der Waals surface area contributed by atoms with Crippen LogP contribution in [0.2, 0.25) is 10.0 Å². The van der Waals surface area contributed by atoms with Gasteiger partial charge in [0.25, 0.3) is 5.91 Å². The minimum Gasteiger partial charge on any atom is -0.486 e. The first-order valence-electron chi connectivity index (χ1n) is 7.04. The number of aryl methyl sites for hydroxylation is 1. The highest BCUT2D eigenvalue weighted by atomic mass is 35.5. The first-order chi connectivity index (χ1) is 10.4. The van der Waals surface area contributed by atoms with Crippen LogP contribution in [0.25, 0.3) is 0 Å². The lowest BCUT2D eigenvalue weighted by molar-refractivity contribution is -0.124. The van der Waals surface area contributed by atoms with Gasteiger partial charge in [0.2, 0.25) is 0 Å². The van der Waals surface area contributed by atoms with Gasteiger partial charge < -0.3 is 4.74 Å². The molecule has 0 spiro atoms. The highest BCUT2D eigenvalue weighted by Crippen LogP contribution is 2.31. The molecule has 0 aromatic heterocycles. The molecular formula is C16H20Cl2N2O2. The molecule has 0 atom stereocenters. The summed E-state index contributed by atoms with van der Waals surface area (Å²) in [6, 6.07) is 3.40. The summed E-state index contributed by atoms with van der Waals surface area (Å²) >= 11 is 12.0. The first-order valence-corrected chi connectivity index (χ1v) is 7.80. The molecule has 0 saturated carbocycles. The maximum absolute atomic E-state index is 11.8. The van der Waals surface area contributed by atoms with Crippen LogP contribution in [0.15, 0.2) is 28.9 Å². The maximum Gasteiger partial charge on any atom is 0.275 e. The predicted molar refractivity (Wildman–Crippen MR) is 92.0 cm³/mol. The molecule has 22 heavy (non-hydrogen) atoms. The Kier molecular flexibility index (Phi) is 6.91. The predicted octanol–water partition coefficient (Wildman–Crippen LogP) is 4.48. The molecule has 0 saturated heterocycles. The minimum absolute atomic E-state index is 0.135. The molecule has 1 amide bonds. The summed E-state index contributed by atoms with van der Waals surface area (Å²) in [6.07, 6.45) is 1.72. The van der Waals surface area contributed by atoms with E-state index in [4.69, 9.17) is 27.9 Å². The minimum atomic E-state index is -0.135. The van der Waals surface area contributed by atoms with Gasteiger partial charge in [0.15, 0.2) is 0 Å². The molecule has 0 fully saturated rings. The molecule has 1 aliphatic rings. The number of benzene rings is 1. The Balaban J connectivity index is 0.00000116. The van der Waals surface area contributed by atoms with Crippen molar-refractivity contribution in [1.29, 1.82) is 0 Å². The van der Waals surface area contributed by atoms with E-state index >= 15 is 0 Å². The quantitative estimate of drug-likeness (QED) is 0.760. The summed E-state index contributed by atoms with van der Waals surface area (Å²) in [5.74, 6) is 0.387. The molecule has 120 valence electrons. The first kappa shape index (κ1) is 18.5. The lowest BCUT2D eigenvalue weighted by Crippen LogP contribution is -2.18. The number of rotatable bonds is 3. The third kappa shape index (κ3) is 4.02. The van der Waals surface area contributed by atoms with Gasteiger partial charge in [0.1, 0.15) is 18.1 Å². The normalized spacial score (nSPS) is 15.6. The Morgan fingerprint density at radius 3 is 2.50 bits per heavy atom. The zero-order valence-electron chi connectivity index (χ0n) is 13.4. The molecule has 4 nitrogen and oxygen atoms in total. The van der Waals surface area contributed by atoms with Crippen molar-refractivity contribution in [2.75, 3.05) is 13.7 Å². The Labute approximate surface area is 141 Å². The molecule has 0 radical (unpaired) electrons. The van der Waals surface area contributed by atoms with Crippen molar-refractivity contribution in [2.45, 2.75) is 27.7 Å². The number of likely N-dealkylation sites (N-methyl/N-ethyl adjacent to an activating group) is 1. The standard InChI is InChI=1S/C14H14Cl2N2O2.C2H6/c1-4-9-12(17-18(3)14(9)19)7-20-13-5-8(2)10(15)6-11(13)16;1-2/h4-6H,7H2,1-3H3;1-2H3/b9-4+;. The maximum atomic E-state index is 11.8. The van der Waals surface area contributed by atoms with Crippen LogP contribution in [0.3, 0.4) is 0 Å². The Bertz CT molecular complexity index is 625. The van der Waals surface area contributed by atoms with Crippen molar-refractivity contribution in [3.63, 3.8) is 0 Å². The van der Waals surface area contributed by atoms with E-state index in [-0.39, 0.29) is 12.5 Å². The van der Waals surface area contributed by atoms with Crippen molar-refractivity contribution < 1.29 is 9.53 Å². The zero-order valence-corrected chi connectivity index (χ0v) is 14.9. The average Bonchev–Trinajstić information content (AvgIpc) is 2.78. The second-order valence-corrected chi connectivity index (χ2v) is 5.21. The smallest absolute Gasteiger partial charge is 0.275 e. The number of carbonyl (C=O) groups excluding carboxylic acids is 1. The van der Waals surface area contributed by atoms with Crippen molar-refractivity contribution >= 4 is 34.8 Å². The van der Waals surface area contributed by atoms with Crippen molar-refractivity contribution in [3.8, 4) is 5.75 Å². The number of hydrogen-bond acceptors (Lipinski definition) is 3. The number of carbonyl (C=O) groups is 1. The third-order valence-corrected chi connectivity index (χ3v) is 3.67. The highest BCUT2D eigenvalue weighted by molar-refractivity contribution is 6.36. The van der Waals surface area contributed by atoms with Gasteiger partial charge in [-0.25, -0.2) is 5.01 Å². The fraction of sp³-hybridized carbons (Fsp3) is 0.375. The van der Waals surface area contributed by atoms with E-state index < -0.39 is 0 Å². The van der Waals surface area contributed by atoms with Crippen LogP contribution in [0.5, 0.6) is 5.75 Å². The number of hydrazone groups is 1. The molecule has 1 aliphatic heterocycles. The molecule has 0 unspecified atom stereocenters. The van der Waals surface area contributed by atoms with E-state index in [2.05, 4.69) is 5.10 Å². The SMILES string of the molecule is C/C=C1/C(=O)N(C)N=C1COc1cc(C)c(Cl)cc1Cl.CC. The lowest BCUT2D eigenvalue weighted by Gasteiger charge is -2.09. The number of hydrogen-bond donors (Lipinski definition) is 0. The molecule has 1 heterocycles. The highest BCUT2D eigenvalue weighted by Gasteiger charge is 2.27. The van der Waals surface area contributed by atoms with Crippen molar-refractivity contribution in [1.82, 2.24) is 5.01 Å². The van der Waals surface area contributed by atoms with Gasteiger partial charge in [-0.1, -0.05) is 43.1 Å². The summed E-state index contributed by atoms with van der Waals surface area (Å²) in [5, 5.41) is 6.46. The monoisotopic (exact) mass is 342 g/mol. The van der Waals surface area contributed by atoms with Gasteiger partial charge in [0, 0.05) is 12.1 Å². The second kappa shape index (κ2) is 8.20. The van der Waals surface area contributed by atoms with Gasteiger partial charge in [0.05, 0.1) is 10.6 Å². The molecule has 0 aliphatic carbocycles. The van der Waals surface area contributed by atoms with Crippen LogP contribution in [-0.4, -0.2) is 30.3 Å². The van der Waals surface area contributed by atoms with E-state index in [0.29, 0.717) is 27.1 Å². The lowest BCUT2D eigenvalue weighted by atomic mass is 10.1. The van der Waals surface area contributed by atoms with Gasteiger partial charge in [-0.3, -0.25) is 4.79 Å². The van der Waals surface area contributed by atoms with Crippen molar-refractivity contribution in [2.24, 2.45) is 5.10 Å². The van der Waals surface area contributed by atoms with Crippen LogP contribution < -0.4 is 4.74 Å². The number of allylic oxidation sites excluding steroid dienone is 1. The van der Waals surface area contributed by atoms with Crippen LogP contribution in [-0.2, 0) is 4.79 Å². The molecule has 1 aromatic rings. The summed E-state index contributed by atoms with van der Waals surface area (Å²) < 4.78 is 5.64. The molecule has 6 heteroatoms. The fourth-order valence-corrected chi connectivity index (χ4v) is 2.30. The number of nitrogens with zero attached hydrogens (tertiary/aromatic N) is 2. The van der Waals surface area contributed by atoms with Crippen molar-refractivity contribution in [3.05, 3.63) is 39.4 Å². The van der Waals surface area contributed by atoms with E-state index in [9.17, 15) is 4.79 Å². The molecule has 2 rings (SSSR count). The Hall–Kier alpha value is -1.52. The molecule has 0 bridgehead atoms. The van der Waals surface area contributed by atoms with Gasteiger partial charge in [-0.15, -0.1) is 0 Å². The van der Waals surface area contributed by atoms with E-state index in [0.717, 1.165) is 5.56 Å². The summed E-state index contributed by atoms with van der Waals surface area (Å²) in [4.78, 5) is 11.8. The second-order valence-electron chi connectivity index (χ2n) is 4.40. The Morgan fingerprint density at radius 2 is 1.91 bits per heavy atom. The van der Waals surface area contributed by atoms with Gasteiger partial charge in [-0.2, -0.15) is 5.10 Å². The van der Waals surface area contributed by atoms with E-state index in [1.807, 2.05) is 20.8 Å². The largest absolute Gasteiger partial charge is 0.486 e. The fourth-order valence-electron chi connectivity index (χ4n) is 1.86. The van der Waals surface area contributed by atoms with Gasteiger partial charge in [-0.05, 0) is 31.5 Å². The Morgan fingerprint density at radius 1 is 1.27 bits per heavy atom. The van der Waals surface area contributed by atoms with E-state index in [1.54, 1.807) is 32.2 Å².